The Balaban J connectivity index is 3.17. The largest absolute Gasteiger partial charge is 0.281 e. The fourth-order valence-corrected chi connectivity index (χ4v) is 3.79. The molecule has 15 heavy (non-hydrogen) atoms. The van der Waals surface area contributed by atoms with E-state index in [0.29, 0.717) is 14.6 Å². The van der Waals surface area contributed by atoms with E-state index in [1.807, 2.05) is 19.1 Å². The summed E-state index contributed by atoms with van der Waals surface area (Å²) in [5.74, 6) is 0. The molecule has 0 saturated carbocycles. The first kappa shape index (κ1) is 13.5. The van der Waals surface area contributed by atoms with Gasteiger partial charge < -0.3 is 0 Å². The van der Waals surface area contributed by atoms with Crippen LogP contribution in [-0.4, -0.2) is 13.1 Å². The summed E-state index contributed by atoms with van der Waals surface area (Å²) < 4.78 is 26.5. The second kappa shape index (κ2) is 5.16. The van der Waals surface area contributed by atoms with Crippen molar-refractivity contribution in [3.8, 4) is 0 Å². The van der Waals surface area contributed by atoms with Crippen molar-refractivity contribution in [1.29, 1.82) is 0 Å². The van der Waals surface area contributed by atoms with Crippen LogP contribution in [0, 0.1) is 6.92 Å². The number of benzene rings is 1. The van der Waals surface area contributed by atoms with Gasteiger partial charge >= 0.3 is 0 Å². The molecule has 0 atom stereocenters. The Bertz CT molecular complexity index is 450. The highest BCUT2D eigenvalue weighted by Gasteiger charge is 2.13. The highest BCUT2D eigenvalue weighted by atomic mass is 79.9. The molecule has 1 N–H and O–H groups in total. The van der Waals surface area contributed by atoms with E-state index in [0.717, 1.165) is 5.56 Å². The molecule has 0 aliphatic carbocycles. The topological polar surface area (TPSA) is 46.2 Å². The molecule has 0 saturated heterocycles. The van der Waals surface area contributed by atoms with Crippen molar-refractivity contribution in [1.82, 2.24) is 0 Å². The summed E-state index contributed by atoms with van der Waals surface area (Å²) in [5.41, 5.74) is 1.55. The van der Waals surface area contributed by atoms with E-state index in [2.05, 4.69) is 52.5 Å². The molecule has 84 valence electrons. The molecule has 1 aromatic carbocycles. The molecule has 0 radical (unpaired) electrons. The van der Waals surface area contributed by atoms with Crippen LogP contribution in [0.5, 0.6) is 0 Å². The van der Waals surface area contributed by atoms with Gasteiger partial charge in [0.1, 0.15) is 4.66 Å². The number of aryl methyl sites for hydroxylation is 1. The number of nitrogens with one attached hydrogen (secondary N) is 1. The standard InChI is InChI=1S/C8H8Br3NO2S/c1-5-2-6(10)8(7(11)3-5)12-15(13,14)4-9/h2-3,12H,4H2,1H3. The molecule has 0 amide bonds. The van der Waals surface area contributed by atoms with Gasteiger partial charge in [-0.25, -0.2) is 8.42 Å². The molecule has 0 spiro atoms. The SMILES string of the molecule is Cc1cc(Br)c(NS(=O)(=O)CBr)c(Br)c1. The fourth-order valence-electron chi connectivity index (χ4n) is 0.980. The number of rotatable bonds is 3. The van der Waals surface area contributed by atoms with Gasteiger partial charge in [0.25, 0.3) is 0 Å². The number of anilines is 1. The second-order valence-electron chi connectivity index (χ2n) is 2.93. The van der Waals surface area contributed by atoms with Crippen LogP contribution in [0.2, 0.25) is 0 Å². The molecular weight excluding hydrogens is 414 g/mol. The van der Waals surface area contributed by atoms with Crippen LogP contribution >= 0.6 is 47.8 Å². The van der Waals surface area contributed by atoms with E-state index in [1.54, 1.807) is 0 Å². The lowest BCUT2D eigenvalue weighted by atomic mass is 10.2. The van der Waals surface area contributed by atoms with E-state index in [-0.39, 0.29) is 4.66 Å². The van der Waals surface area contributed by atoms with Gasteiger partial charge in [0.05, 0.1) is 5.69 Å². The van der Waals surface area contributed by atoms with Crippen LogP contribution in [0.3, 0.4) is 0 Å². The summed E-state index contributed by atoms with van der Waals surface area (Å²) in [5, 5.41) is 0. The minimum absolute atomic E-state index is 0.132. The molecule has 1 aromatic rings. The zero-order valence-corrected chi connectivity index (χ0v) is 13.3. The fraction of sp³-hybridized carbons (Fsp3) is 0.250. The average Bonchev–Trinajstić information content (AvgIpc) is 2.11. The number of halogens is 3. The maximum atomic E-state index is 11.4. The number of alkyl halides is 1. The Labute approximate surface area is 114 Å². The van der Waals surface area contributed by atoms with Crippen LogP contribution in [-0.2, 0) is 10.0 Å². The van der Waals surface area contributed by atoms with Crippen molar-refractivity contribution in [2.24, 2.45) is 0 Å². The van der Waals surface area contributed by atoms with E-state index in [4.69, 9.17) is 0 Å². The lowest BCUT2D eigenvalue weighted by molar-refractivity contribution is 0.606. The highest BCUT2D eigenvalue weighted by molar-refractivity contribution is 9.11. The third kappa shape index (κ3) is 3.72. The number of sulfonamides is 1. The number of hydrogen-bond donors (Lipinski definition) is 1. The second-order valence-corrected chi connectivity index (χ2v) is 7.66. The van der Waals surface area contributed by atoms with Gasteiger partial charge in [0.2, 0.25) is 10.0 Å². The van der Waals surface area contributed by atoms with E-state index >= 15 is 0 Å². The maximum Gasteiger partial charge on any atom is 0.242 e. The molecule has 0 aliphatic rings. The number of hydrogen-bond acceptors (Lipinski definition) is 2. The summed E-state index contributed by atoms with van der Waals surface area (Å²) in [4.78, 5) is 0. The smallest absolute Gasteiger partial charge is 0.242 e. The van der Waals surface area contributed by atoms with Gasteiger partial charge in [-0.3, -0.25) is 4.72 Å². The third-order valence-electron chi connectivity index (χ3n) is 1.59. The summed E-state index contributed by atoms with van der Waals surface area (Å²) in [6.45, 7) is 1.93. The van der Waals surface area contributed by atoms with E-state index in [9.17, 15) is 8.42 Å². The Morgan fingerprint density at radius 2 is 1.73 bits per heavy atom. The van der Waals surface area contributed by atoms with Crippen molar-refractivity contribution in [2.45, 2.75) is 6.92 Å². The predicted octanol–water partition coefficient (Wildman–Crippen LogP) is 3.61. The molecular formula is C8H8Br3NO2S. The van der Waals surface area contributed by atoms with Crippen molar-refractivity contribution in [3.63, 3.8) is 0 Å². The van der Waals surface area contributed by atoms with Gasteiger partial charge in [-0.2, -0.15) is 0 Å². The van der Waals surface area contributed by atoms with Crippen molar-refractivity contribution >= 4 is 63.5 Å². The van der Waals surface area contributed by atoms with E-state index < -0.39 is 10.0 Å². The molecule has 0 fully saturated rings. The summed E-state index contributed by atoms with van der Waals surface area (Å²) >= 11 is 9.53. The van der Waals surface area contributed by atoms with Crippen molar-refractivity contribution in [2.75, 3.05) is 9.38 Å². The molecule has 0 aromatic heterocycles. The first-order chi connectivity index (χ1) is 6.85. The Hall–Kier alpha value is 0.410. The zero-order valence-electron chi connectivity index (χ0n) is 7.72. The van der Waals surface area contributed by atoms with Crippen LogP contribution < -0.4 is 4.72 Å². The molecule has 0 bridgehead atoms. The quantitative estimate of drug-likeness (QED) is 0.758. The lowest BCUT2D eigenvalue weighted by Crippen LogP contribution is -2.14. The lowest BCUT2D eigenvalue weighted by Gasteiger charge is -2.10. The van der Waals surface area contributed by atoms with Crippen molar-refractivity contribution < 1.29 is 8.42 Å². The van der Waals surface area contributed by atoms with Gasteiger partial charge in [-0.1, -0.05) is 15.9 Å². The molecule has 0 unspecified atom stereocenters. The normalized spacial score (nSPS) is 11.5. The molecule has 7 heteroatoms. The predicted molar refractivity (Wildman–Crippen MR) is 72.9 cm³/mol. The Morgan fingerprint density at radius 1 is 1.27 bits per heavy atom. The van der Waals surface area contributed by atoms with Crippen LogP contribution in [0.15, 0.2) is 21.1 Å². The zero-order chi connectivity index (χ0) is 11.6. The maximum absolute atomic E-state index is 11.4. The minimum atomic E-state index is -3.32. The first-order valence-corrected chi connectivity index (χ1v) is 8.24. The first-order valence-electron chi connectivity index (χ1n) is 3.88. The molecule has 1 rings (SSSR count). The van der Waals surface area contributed by atoms with Gasteiger partial charge in [-0.15, -0.1) is 0 Å². The highest BCUT2D eigenvalue weighted by Crippen LogP contribution is 2.33. The minimum Gasteiger partial charge on any atom is -0.281 e. The summed E-state index contributed by atoms with van der Waals surface area (Å²) in [7, 11) is -3.32. The van der Waals surface area contributed by atoms with E-state index in [1.165, 1.54) is 0 Å². The van der Waals surface area contributed by atoms with Crippen LogP contribution in [0.4, 0.5) is 5.69 Å². The summed E-state index contributed by atoms with van der Waals surface area (Å²) in [6.07, 6.45) is 0. The van der Waals surface area contributed by atoms with Crippen molar-refractivity contribution in [3.05, 3.63) is 26.6 Å². The summed E-state index contributed by atoms with van der Waals surface area (Å²) in [6, 6.07) is 3.69. The van der Waals surface area contributed by atoms with Crippen LogP contribution in [0.1, 0.15) is 5.56 Å². The van der Waals surface area contributed by atoms with Gasteiger partial charge in [0.15, 0.2) is 0 Å². The average molecular weight is 422 g/mol. The third-order valence-corrected chi connectivity index (χ3v) is 5.45. The van der Waals surface area contributed by atoms with Gasteiger partial charge in [-0.05, 0) is 56.5 Å². The van der Waals surface area contributed by atoms with Crippen LogP contribution in [0.25, 0.3) is 0 Å². The monoisotopic (exact) mass is 419 g/mol. The molecule has 0 heterocycles. The molecule has 0 aliphatic heterocycles. The van der Waals surface area contributed by atoms with Gasteiger partial charge in [0, 0.05) is 8.95 Å². The Kier molecular flexibility index (Phi) is 4.64. The molecule has 3 nitrogen and oxygen atoms in total. The Morgan fingerprint density at radius 3 is 2.13 bits per heavy atom.